The molecule has 1 atom stereocenters. The molecule has 2 amide bonds. The van der Waals surface area contributed by atoms with Crippen molar-refractivity contribution in [2.45, 2.75) is 18.9 Å². The second kappa shape index (κ2) is 4.53. The molecule has 1 aliphatic heterocycles. The third-order valence-electron chi connectivity index (χ3n) is 3.66. The Hall–Kier alpha value is -2.10. The minimum atomic E-state index is -0.389. The van der Waals surface area contributed by atoms with E-state index in [0.717, 1.165) is 12.8 Å². The maximum Gasteiger partial charge on any atom is 0.254 e. The molecule has 4 heteroatoms. The number of para-hydroxylation sites is 1. The molecule has 2 aliphatic rings. The summed E-state index contributed by atoms with van der Waals surface area (Å²) in [6.45, 7) is 4.12. The van der Waals surface area contributed by atoms with Gasteiger partial charge in [0.15, 0.2) is 0 Å². The smallest absolute Gasteiger partial charge is 0.254 e. The topological polar surface area (TPSA) is 49.4 Å². The van der Waals surface area contributed by atoms with Gasteiger partial charge in [-0.1, -0.05) is 18.2 Å². The van der Waals surface area contributed by atoms with Gasteiger partial charge in [0.1, 0.15) is 6.04 Å². The number of carbonyl (C=O) groups excluding carboxylic acids is 2. The number of nitrogens with one attached hydrogen (secondary N) is 1. The highest BCUT2D eigenvalue weighted by Crippen LogP contribution is 2.36. The van der Waals surface area contributed by atoms with Crippen LogP contribution in [0.15, 0.2) is 36.9 Å². The van der Waals surface area contributed by atoms with Crippen LogP contribution in [0.5, 0.6) is 0 Å². The predicted molar refractivity (Wildman–Crippen MR) is 73.0 cm³/mol. The van der Waals surface area contributed by atoms with E-state index in [1.165, 1.54) is 0 Å². The van der Waals surface area contributed by atoms with Gasteiger partial charge in [0.25, 0.3) is 5.91 Å². The van der Waals surface area contributed by atoms with Gasteiger partial charge in [-0.2, -0.15) is 0 Å². The molecule has 1 saturated carbocycles. The van der Waals surface area contributed by atoms with Gasteiger partial charge in [-0.25, -0.2) is 0 Å². The molecule has 0 spiro atoms. The summed E-state index contributed by atoms with van der Waals surface area (Å²) in [5.74, 6) is 0.103. The lowest BCUT2D eigenvalue weighted by molar-refractivity contribution is -0.120. The molecule has 1 unspecified atom stereocenters. The SMILES string of the molecule is C=CCN1C(=O)C(C2CC2)NC(=O)c2ccccc21. The molecule has 0 saturated heterocycles. The number of fused-ring (bicyclic) bond motifs is 1. The Kier molecular flexibility index (Phi) is 2.85. The molecule has 1 heterocycles. The van der Waals surface area contributed by atoms with Crippen LogP contribution in [0.4, 0.5) is 5.69 Å². The monoisotopic (exact) mass is 256 g/mol. The summed E-state index contributed by atoms with van der Waals surface area (Å²) in [4.78, 5) is 26.5. The van der Waals surface area contributed by atoms with Crippen molar-refractivity contribution < 1.29 is 9.59 Å². The number of nitrogens with zero attached hydrogens (tertiary/aromatic N) is 1. The van der Waals surface area contributed by atoms with Crippen molar-refractivity contribution in [2.75, 3.05) is 11.4 Å². The van der Waals surface area contributed by atoms with Gasteiger partial charge in [-0.3, -0.25) is 9.59 Å². The van der Waals surface area contributed by atoms with E-state index in [1.807, 2.05) is 18.2 Å². The van der Waals surface area contributed by atoms with Crippen molar-refractivity contribution in [1.29, 1.82) is 0 Å². The summed E-state index contributed by atoms with van der Waals surface area (Å²) in [5.41, 5.74) is 1.23. The third kappa shape index (κ3) is 2.03. The summed E-state index contributed by atoms with van der Waals surface area (Å²) in [6, 6.07) is 6.83. The second-order valence-electron chi connectivity index (χ2n) is 5.04. The van der Waals surface area contributed by atoms with Crippen LogP contribution in [0.2, 0.25) is 0 Å². The lowest BCUT2D eigenvalue weighted by atomic mass is 10.1. The highest BCUT2D eigenvalue weighted by atomic mass is 16.2. The molecule has 19 heavy (non-hydrogen) atoms. The molecule has 4 nitrogen and oxygen atoms in total. The molecule has 1 aromatic carbocycles. The van der Waals surface area contributed by atoms with Crippen molar-refractivity contribution in [2.24, 2.45) is 5.92 Å². The Bertz CT molecular complexity index is 549. The number of rotatable bonds is 3. The van der Waals surface area contributed by atoms with Gasteiger partial charge in [0.2, 0.25) is 5.91 Å². The van der Waals surface area contributed by atoms with Crippen LogP contribution in [0.1, 0.15) is 23.2 Å². The van der Waals surface area contributed by atoms with Crippen LogP contribution in [0.3, 0.4) is 0 Å². The molecule has 0 aromatic heterocycles. The summed E-state index contributed by atoms with van der Waals surface area (Å²) in [7, 11) is 0. The number of hydrogen-bond donors (Lipinski definition) is 1. The quantitative estimate of drug-likeness (QED) is 0.837. The zero-order valence-electron chi connectivity index (χ0n) is 10.6. The Morgan fingerprint density at radius 3 is 2.74 bits per heavy atom. The van der Waals surface area contributed by atoms with E-state index in [4.69, 9.17) is 0 Å². The van der Waals surface area contributed by atoms with Crippen LogP contribution in [-0.4, -0.2) is 24.4 Å². The fourth-order valence-electron chi connectivity index (χ4n) is 2.53. The summed E-state index contributed by atoms with van der Waals surface area (Å²) in [6.07, 6.45) is 3.71. The first-order chi connectivity index (χ1) is 9.22. The van der Waals surface area contributed by atoms with Gasteiger partial charge < -0.3 is 10.2 Å². The molecule has 1 aromatic rings. The van der Waals surface area contributed by atoms with E-state index in [0.29, 0.717) is 17.8 Å². The minimum absolute atomic E-state index is 0.0271. The van der Waals surface area contributed by atoms with Crippen LogP contribution >= 0.6 is 0 Å². The lowest BCUT2D eigenvalue weighted by Gasteiger charge is -2.23. The Morgan fingerprint density at radius 2 is 2.05 bits per heavy atom. The van der Waals surface area contributed by atoms with Crippen molar-refractivity contribution >= 4 is 17.5 Å². The highest BCUT2D eigenvalue weighted by molar-refractivity contribution is 6.11. The Balaban J connectivity index is 2.06. The molecule has 1 fully saturated rings. The largest absolute Gasteiger partial charge is 0.340 e. The predicted octanol–water partition coefficient (Wildman–Crippen LogP) is 1.73. The van der Waals surface area contributed by atoms with E-state index < -0.39 is 0 Å². The summed E-state index contributed by atoms with van der Waals surface area (Å²) < 4.78 is 0. The zero-order valence-corrected chi connectivity index (χ0v) is 10.6. The first-order valence-corrected chi connectivity index (χ1v) is 6.54. The van der Waals surface area contributed by atoms with Crippen molar-refractivity contribution in [1.82, 2.24) is 5.32 Å². The number of amides is 2. The fraction of sp³-hybridized carbons (Fsp3) is 0.333. The van der Waals surface area contributed by atoms with Gasteiger partial charge >= 0.3 is 0 Å². The average Bonchev–Trinajstić information content (AvgIpc) is 3.25. The van der Waals surface area contributed by atoms with E-state index in [-0.39, 0.29) is 23.8 Å². The number of benzene rings is 1. The van der Waals surface area contributed by atoms with Gasteiger partial charge in [0.05, 0.1) is 11.3 Å². The van der Waals surface area contributed by atoms with Crippen molar-refractivity contribution in [3.8, 4) is 0 Å². The van der Waals surface area contributed by atoms with E-state index in [1.54, 1.807) is 17.0 Å². The molecule has 1 aliphatic carbocycles. The van der Waals surface area contributed by atoms with Crippen molar-refractivity contribution in [3.63, 3.8) is 0 Å². The third-order valence-corrected chi connectivity index (χ3v) is 3.66. The first kappa shape index (κ1) is 12.0. The van der Waals surface area contributed by atoms with Crippen LogP contribution in [0.25, 0.3) is 0 Å². The Morgan fingerprint density at radius 1 is 1.32 bits per heavy atom. The second-order valence-corrected chi connectivity index (χ2v) is 5.04. The molecule has 1 N–H and O–H groups in total. The standard InChI is InChI=1S/C15H16N2O2/c1-2-9-17-12-6-4-3-5-11(12)14(18)16-13(15(17)19)10-7-8-10/h2-6,10,13H,1,7-9H2,(H,16,18). The molecule has 0 bridgehead atoms. The van der Waals surface area contributed by atoms with Gasteiger partial charge in [0, 0.05) is 6.54 Å². The molecular formula is C15H16N2O2. The number of carbonyl (C=O) groups is 2. The Labute approximate surface area is 112 Å². The molecule has 3 rings (SSSR count). The molecule has 0 radical (unpaired) electrons. The average molecular weight is 256 g/mol. The fourth-order valence-corrected chi connectivity index (χ4v) is 2.53. The van der Waals surface area contributed by atoms with E-state index >= 15 is 0 Å². The normalized spacial score (nSPS) is 22.5. The lowest BCUT2D eigenvalue weighted by Crippen LogP contribution is -2.47. The number of anilines is 1. The summed E-state index contributed by atoms with van der Waals surface area (Å²) in [5, 5.41) is 2.87. The van der Waals surface area contributed by atoms with Gasteiger partial charge in [-0.05, 0) is 30.9 Å². The van der Waals surface area contributed by atoms with Crippen LogP contribution in [0, 0.1) is 5.92 Å². The van der Waals surface area contributed by atoms with Gasteiger partial charge in [-0.15, -0.1) is 6.58 Å². The van der Waals surface area contributed by atoms with Crippen LogP contribution < -0.4 is 10.2 Å². The van der Waals surface area contributed by atoms with Crippen molar-refractivity contribution in [3.05, 3.63) is 42.5 Å². The van der Waals surface area contributed by atoms with E-state index in [9.17, 15) is 9.59 Å². The molecular weight excluding hydrogens is 240 g/mol. The maximum absolute atomic E-state index is 12.6. The number of hydrogen-bond acceptors (Lipinski definition) is 2. The zero-order chi connectivity index (χ0) is 13.4. The maximum atomic E-state index is 12.6. The molecule has 98 valence electrons. The highest BCUT2D eigenvalue weighted by Gasteiger charge is 2.42. The first-order valence-electron chi connectivity index (χ1n) is 6.54. The van der Waals surface area contributed by atoms with Crippen LogP contribution in [-0.2, 0) is 4.79 Å². The van der Waals surface area contributed by atoms with E-state index in [2.05, 4.69) is 11.9 Å². The minimum Gasteiger partial charge on any atom is -0.340 e. The summed E-state index contributed by atoms with van der Waals surface area (Å²) >= 11 is 0.